The van der Waals surface area contributed by atoms with Gasteiger partial charge in [0.25, 0.3) is 0 Å². The third-order valence-electron chi connectivity index (χ3n) is 4.27. The molecule has 2 aromatic carbocycles. The molecule has 3 nitrogen and oxygen atoms in total. The maximum Gasteiger partial charge on any atom is 0.170 e. The molecule has 5 heteroatoms. The molecule has 0 aromatic heterocycles. The number of hydrogen-bond donors (Lipinski definition) is 2. The lowest BCUT2D eigenvalue weighted by Gasteiger charge is -2.33. The minimum atomic E-state index is 0.459. The number of likely N-dealkylation sites (tertiary alicyclic amines) is 1. The normalized spacial score (nSPS) is 15.9. The predicted octanol–water partition coefficient (Wildman–Crippen LogP) is 4.24. The smallest absolute Gasteiger partial charge is 0.170 e. The van der Waals surface area contributed by atoms with Crippen LogP contribution in [0.5, 0.6) is 0 Å². The summed E-state index contributed by atoms with van der Waals surface area (Å²) in [4.78, 5) is 2.52. The number of nitrogens with one attached hydrogen (secondary N) is 2. The van der Waals surface area contributed by atoms with Gasteiger partial charge in [-0.25, -0.2) is 0 Å². The molecule has 1 aliphatic rings. The van der Waals surface area contributed by atoms with Crippen LogP contribution in [-0.4, -0.2) is 29.1 Å². The van der Waals surface area contributed by atoms with Gasteiger partial charge in [0.2, 0.25) is 0 Å². The van der Waals surface area contributed by atoms with Gasteiger partial charge in [-0.3, -0.25) is 4.90 Å². The van der Waals surface area contributed by atoms with Crippen LogP contribution in [0.25, 0.3) is 0 Å². The Morgan fingerprint density at radius 3 is 2.38 bits per heavy atom. The summed E-state index contributed by atoms with van der Waals surface area (Å²) >= 11 is 7.75. The van der Waals surface area contributed by atoms with E-state index in [9.17, 15) is 0 Å². The first-order valence-electron chi connectivity index (χ1n) is 8.28. The molecule has 0 atom stereocenters. The monoisotopic (exact) mass is 451 g/mol. The molecule has 0 saturated carbocycles. The zero-order valence-corrected chi connectivity index (χ0v) is 16.5. The van der Waals surface area contributed by atoms with Gasteiger partial charge >= 0.3 is 0 Å². The van der Waals surface area contributed by atoms with E-state index in [1.807, 2.05) is 0 Å². The van der Waals surface area contributed by atoms with E-state index < -0.39 is 0 Å². The number of thiocarbonyl (C=S) groups is 1. The van der Waals surface area contributed by atoms with Crippen LogP contribution in [0.3, 0.4) is 0 Å². The molecule has 2 aromatic rings. The second-order valence-electron chi connectivity index (χ2n) is 6.14. The summed E-state index contributed by atoms with van der Waals surface area (Å²) < 4.78 is 1.22. The second kappa shape index (κ2) is 8.78. The summed E-state index contributed by atoms with van der Waals surface area (Å²) in [6.07, 6.45) is 2.25. The molecule has 1 saturated heterocycles. The van der Waals surface area contributed by atoms with Crippen LogP contribution >= 0.6 is 34.8 Å². The number of nitrogens with zero attached hydrogens (tertiary/aromatic N) is 1. The molecule has 0 spiro atoms. The maximum absolute atomic E-state index is 5.45. The number of benzene rings is 2. The third-order valence-corrected chi connectivity index (χ3v) is 5.21. The summed E-state index contributed by atoms with van der Waals surface area (Å²) in [5.74, 6) is 0. The summed E-state index contributed by atoms with van der Waals surface area (Å²) in [7, 11) is 0. The van der Waals surface area contributed by atoms with Crippen LogP contribution in [-0.2, 0) is 6.54 Å². The van der Waals surface area contributed by atoms with Gasteiger partial charge in [-0.15, -0.1) is 0 Å². The Kier molecular flexibility index (Phi) is 6.45. The highest BCUT2D eigenvalue weighted by Gasteiger charge is 2.19. The lowest BCUT2D eigenvalue weighted by Crippen LogP contribution is -2.45. The molecule has 2 N–H and O–H groups in total. The molecule has 0 unspecified atom stereocenters. The number of piperidine rings is 1. The quantitative estimate of drug-likeness (QED) is 0.537. The first-order chi connectivity index (χ1) is 11.7. The lowest BCUT2D eigenvalue weighted by atomic mass is 10.0. The van der Waals surface area contributed by atoms with Crippen molar-refractivity contribution in [1.29, 1.82) is 0 Å². The van der Waals surface area contributed by atoms with Gasteiger partial charge in [0, 0.05) is 34.9 Å². The average molecular weight is 451 g/mol. The average Bonchev–Trinajstić information content (AvgIpc) is 2.60. The minimum absolute atomic E-state index is 0.459. The molecule has 0 amide bonds. The van der Waals surface area contributed by atoms with E-state index in [1.54, 1.807) is 0 Å². The van der Waals surface area contributed by atoms with Crippen molar-refractivity contribution in [3.05, 3.63) is 63.7 Å². The van der Waals surface area contributed by atoms with Crippen molar-refractivity contribution in [3.63, 3.8) is 0 Å². The Labute approximate surface area is 163 Å². The highest BCUT2D eigenvalue weighted by atomic mass is 127. The van der Waals surface area contributed by atoms with E-state index in [2.05, 4.69) is 92.7 Å². The van der Waals surface area contributed by atoms with Gasteiger partial charge < -0.3 is 10.6 Å². The zero-order valence-electron chi connectivity index (χ0n) is 13.5. The summed E-state index contributed by atoms with van der Waals surface area (Å²) in [5, 5.41) is 7.45. The molecule has 1 heterocycles. The van der Waals surface area contributed by atoms with Crippen LogP contribution in [0.2, 0.25) is 0 Å². The van der Waals surface area contributed by atoms with Crippen molar-refractivity contribution in [2.75, 3.05) is 18.4 Å². The Bertz CT molecular complexity index is 652. The first kappa shape index (κ1) is 17.6. The van der Waals surface area contributed by atoms with Crippen molar-refractivity contribution < 1.29 is 0 Å². The molecule has 24 heavy (non-hydrogen) atoms. The van der Waals surface area contributed by atoms with Crippen molar-refractivity contribution in [2.45, 2.75) is 25.4 Å². The molecule has 3 rings (SSSR count). The SMILES string of the molecule is S=C(Nc1ccc(I)cc1)NC1CCN(Cc2ccccc2)CC1. The van der Waals surface area contributed by atoms with Gasteiger partial charge in [0.05, 0.1) is 0 Å². The summed E-state index contributed by atoms with van der Waals surface area (Å²) in [6.45, 7) is 3.26. The van der Waals surface area contributed by atoms with E-state index in [0.717, 1.165) is 43.3 Å². The van der Waals surface area contributed by atoms with Crippen LogP contribution < -0.4 is 10.6 Å². The molecule has 126 valence electrons. The van der Waals surface area contributed by atoms with Crippen LogP contribution in [0.1, 0.15) is 18.4 Å². The fourth-order valence-corrected chi connectivity index (χ4v) is 3.61. The standard InChI is InChI=1S/C19H22IN3S/c20-16-6-8-17(9-7-16)21-19(24)22-18-10-12-23(13-11-18)14-15-4-2-1-3-5-15/h1-9,18H,10-14H2,(H2,21,22,24). The van der Waals surface area contributed by atoms with Crippen molar-refractivity contribution in [2.24, 2.45) is 0 Å². The highest BCUT2D eigenvalue weighted by molar-refractivity contribution is 14.1. The third kappa shape index (κ3) is 5.43. The topological polar surface area (TPSA) is 27.3 Å². The van der Waals surface area contributed by atoms with Gasteiger partial charge in [-0.2, -0.15) is 0 Å². The number of hydrogen-bond acceptors (Lipinski definition) is 2. The van der Waals surface area contributed by atoms with E-state index >= 15 is 0 Å². The molecular weight excluding hydrogens is 429 g/mol. The lowest BCUT2D eigenvalue weighted by molar-refractivity contribution is 0.199. The van der Waals surface area contributed by atoms with Gasteiger partial charge in [-0.05, 0) is 77.5 Å². The maximum atomic E-state index is 5.45. The van der Waals surface area contributed by atoms with Gasteiger partial charge in [0.1, 0.15) is 0 Å². The summed E-state index contributed by atoms with van der Waals surface area (Å²) in [5.41, 5.74) is 2.43. The van der Waals surface area contributed by atoms with E-state index in [-0.39, 0.29) is 0 Å². The zero-order chi connectivity index (χ0) is 16.8. The van der Waals surface area contributed by atoms with E-state index in [1.165, 1.54) is 9.13 Å². The largest absolute Gasteiger partial charge is 0.360 e. The van der Waals surface area contributed by atoms with Crippen LogP contribution in [0.4, 0.5) is 5.69 Å². The second-order valence-corrected chi connectivity index (χ2v) is 7.80. The number of halogens is 1. The Morgan fingerprint density at radius 2 is 1.71 bits per heavy atom. The van der Waals surface area contributed by atoms with Gasteiger partial charge in [0.15, 0.2) is 5.11 Å². The van der Waals surface area contributed by atoms with E-state index in [4.69, 9.17) is 12.2 Å². The minimum Gasteiger partial charge on any atom is -0.360 e. The molecule has 0 aliphatic carbocycles. The van der Waals surface area contributed by atoms with E-state index in [0.29, 0.717) is 6.04 Å². The van der Waals surface area contributed by atoms with Crippen LogP contribution in [0.15, 0.2) is 54.6 Å². The van der Waals surface area contributed by atoms with Crippen LogP contribution in [0, 0.1) is 3.57 Å². The summed E-state index contributed by atoms with van der Waals surface area (Å²) in [6, 6.07) is 19.4. The van der Waals surface area contributed by atoms with Crippen molar-refractivity contribution >= 4 is 45.6 Å². The Balaban J connectivity index is 1.41. The number of rotatable bonds is 4. The van der Waals surface area contributed by atoms with Crippen molar-refractivity contribution in [1.82, 2.24) is 10.2 Å². The molecule has 1 aliphatic heterocycles. The first-order valence-corrected chi connectivity index (χ1v) is 9.77. The highest BCUT2D eigenvalue weighted by Crippen LogP contribution is 2.15. The fraction of sp³-hybridized carbons (Fsp3) is 0.316. The molecule has 0 bridgehead atoms. The van der Waals surface area contributed by atoms with Crippen molar-refractivity contribution in [3.8, 4) is 0 Å². The predicted molar refractivity (Wildman–Crippen MR) is 113 cm³/mol. The molecule has 0 radical (unpaired) electrons. The Hall–Kier alpha value is -1.18. The Morgan fingerprint density at radius 1 is 1.04 bits per heavy atom. The number of anilines is 1. The molecular formula is C19H22IN3S. The fourth-order valence-electron chi connectivity index (χ4n) is 2.96. The van der Waals surface area contributed by atoms with Gasteiger partial charge in [-0.1, -0.05) is 30.3 Å². The molecule has 1 fully saturated rings.